The van der Waals surface area contributed by atoms with Gasteiger partial charge in [0.1, 0.15) is 11.1 Å². The Balaban J connectivity index is 1.55. The summed E-state index contributed by atoms with van der Waals surface area (Å²) in [5, 5.41) is 5.69. The molecule has 4 aromatic carbocycles. The van der Waals surface area contributed by atoms with Gasteiger partial charge in [-0.15, -0.1) is 11.8 Å². The summed E-state index contributed by atoms with van der Waals surface area (Å²) in [6.45, 7) is 1.90. The average Bonchev–Trinajstić information content (AvgIpc) is 2.86. The molecule has 35 heavy (non-hydrogen) atoms. The zero-order valence-corrected chi connectivity index (χ0v) is 20.4. The highest BCUT2D eigenvalue weighted by molar-refractivity contribution is 8.00. The van der Waals surface area contributed by atoms with E-state index >= 15 is 0 Å². The molecule has 0 aromatic heterocycles. The highest BCUT2D eigenvalue weighted by Gasteiger charge is 2.23. The van der Waals surface area contributed by atoms with Crippen LogP contribution in [0.5, 0.6) is 0 Å². The van der Waals surface area contributed by atoms with E-state index < -0.39 is 17.0 Å². The van der Waals surface area contributed by atoms with Gasteiger partial charge in [-0.1, -0.05) is 66.2 Å². The largest absolute Gasteiger partial charge is 0.325 e. The number of amides is 2. The topological polar surface area (TPSA) is 58.2 Å². The van der Waals surface area contributed by atoms with E-state index in [2.05, 4.69) is 10.6 Å². The number of halogens is 2. The summed E-state index contributed by atoms with van der Waals surface area (Å²) in [5.74, 6) is -1.34. The zero-order valence-electron chi connectivity index (χ0n) is 18.8. The molecule has 4 nitrogen and oxygen atoms in total. The quantitative estimate of drug-likeness (QED) is 0.256. The number of benzene rings is 4. The number of anilines is 2. The van der Waals surface area contributed by atoms with E-state index in [1.165, 1.54) is 30.0 Å². The lowest BCUT2D eigenvalue weighted by Crippen LogP contribution is -2.19. The molecule has 0 aliphatic rings. The van der Waals surface area contributed by atoms with Crippen LogP contribution in [-0.4, -0.2) is 11.8 Å². The molecule has 2 N–H and O–H groups in total. The average molecular weight is 505 g/mol. The van der Waals surface area contributed by atoms with Gasteiger partial charge in [-0.05, 0) is 60.5 Å². The summed E-state index contributed by atoms with van der Waals surface area (Å²) >= 11 is 7.57. The van der Waals surface area contributed by atoms with E-state index in [9.17, 15) is 14.0 Å². The molecule has 1 unspecified atom stereocenters. The molecule has 0 aliphatic carbocycles. The molecule has 4 rings (SSSR count). The molecule has 0 saturated heterocycles. The molecule has 0 fully saturated rings. The van der Waals surface area contributed by atoms with Crippen LogP contribution in [0.25, 0.3) is 0 Å². The molecular formula is C28H22ClFN2O2S. The predicted molar refractivity (Wildman–Crippen MR) is 141 cm³/mol. The Morgan fingerprint density at radius 3 is 2.29 bits per heavy atom. The van der Waals surface area contributed by atoms with Gasteiger partial charge in [-0.25, -0.2) is 4.39 Å². The second kappa shape index (κ2) is 11.2. The number of aryl methyl sites for hydroxylation is 1. The number of nitrogens with one attached hydrogen (secondary N) is 2. The first-order valence-corrected chi connectivity index (χ1v) is 12.1. The first-order chi connectivity index (χ1) is 16.9. The van der Waals surface area contributed by atoms with Crippen molar-refractivity contribution < 1.29 is 14.0 Å². The van der Waals surface area contributed by atoms with Crippen LogP contribution in [-0.2, 0) is 4.79 Å². The number of carbonyl (C=O) groups is 2. The minimum atomic E-state index is -0.590. The fourth-order valence-corrected chi connectivity index (χ4v) is 4.67. The fourth-order valence-electron chi connectivity index (χ4n) is 3.41. The number of thioether (sulfide) groups is 1. The number of rotatable bonds is 7. The minimum Gasteiger partial charge on any atom is -0.325 e. The van der Waals surface area contributed by atoms with Crippen molar-refractivity contribution in [3.05, 3.63) is 125 Å². The Morgan fingerprint density at radius 1 is 0.829 bits per heavy atom. The fraction of sp³-hybridized carbons (Fsp3) is 0.0714. The summed E-state index contributed by atoms with van der Waals surface area (Å²) in [4.78, 5) is 26.6. The van der Waals surface area contributed by atoms with Crippen molar-refractivity contribution >= 4 is 46.6 Å². The monoisotopic (exact) mass is 504 g/mol. The summed E-state index contributed by atoms with van der Waals surface area (Å²) < 4.78 is 14.0. The molecule has 0 heterocycles. The SMILES string of the molecule is Cc1ccc(NC(=O)C(Sc2cccc(NC(=O)c3ccccc3F)c2)c2ccccc2)cc1Cl. The summed E-state index contributed by atoms with van der Waals surface area (Å²) in [6, 6.07) is 27.7. The summed E-state index contributed by atoms with van der Waals surface area (Å²) in [6.07, 6.45) is 0. The molecule has 0 saturated carbocycles. The lowest BCUT2D eigenvalue weighted by molar-refractivity contribution is -0.115. The number of carbonyl (C=O) groups excluding carboxylic acids is 2. The highest BCUT2D eigenvalue weighted by atomic mass is 35.5. The molecule has 2 amide bonds. The molecular weight excluding hydrogens is 483 g/mol. The molecule has 0 spiro atoms. The predicted octanol–water partition coefficient (Wildman–Crippen LogP) is 7.51. The Morgan fingerprint density at radius 2 is 1.54 bits per heavy atom. The van der Waals surface area contributed by atoms with E-state index in [4.69, 9.17) is 11.6 Å². The van der Waals surface area contributed by atoms with Crippen LogP contribution in [0.2, 0.25) is 5.02 Å². The van der Waals surface area contributed by atoms with Crippen LogP contribution in [0.15, 0.2) is 102 Å². The van der Waals surface area contributed by atoms with Crippen molar-refractivity contribution in [2.24, 2.45) is 0 Å². The molecule has 1 atom stereocenters. The maximum absolute atomic E-state index is 14.0. The van der Waals surface area contributed by atoms with Gasteiger partial charge >= 0.3 is 0 Å². The lowest BCUT2D eigenvalue weighted by Gasteiger charge is -2.18. The maximum atomic E-state index is 14.0. The second-order valence-corrected chi connectivity index (χ2v) is 9.41. The molecule has 0 radical (unpaired) electrons. The van der Waals surface area contributed by atoms with Crippen molar-refractivity contribution in [2.75, 3.05) is 10.6 Å². The van der Waals surface area contributed by atoms with Gasteiger partial charge in [0.2, 0.25) is 5.91 Å². The molecule has 4 aromatic rings. The van der Waals surface area contributed by atoms with E-state index in [0.29, 0.717) is 16.4 Å². The van der Waals surface area contributed by atoms with Gasteiger partial charge in [0.05, 0.1) is 5.56 Å². The van der Waals surface area contributed by atoms with Crippen molar-refractivity contribution in [3.8, 4) is 0 Å². The number of hydrogen-bond donors (Lipinski definition) is 2. The van der Waals surface area contributed by atoms with E-state index in [1.807, 2.05) is 55.5 Å². The van der Waals surface area contributed by atoms with E-state index in [-0.39, 0.29) is 11.5 Å². The van der Waals surface area contributed by atoms with Gasteiger partial charge in [0.25, 0.3) is 5.91 Å². The van der Waals surface area contributed by atoms with Crippen LogP contribution < -0.4 is 10.6 Å². The van der Waals surface area contributed by atoms with Crippen molar-refractivity contribution in [1.29, 1.82) is 0 Å². The summed E-state index contributed by atoms with van der Waals surface area (Å²) in [7, 11) is 0. The maximum Gasteiger partial charge on any atom is 0.258 e. The van der Waals surface area contributed by atoms with Crippen molar-refractivity contribution in [2.45, 2.75) is 17.1 Å². The van der Waals surface area contributed by atoms with E-state index in [1.54, 1.807) is 30.3 Å². The summed E-state index contributed by atoms with van der Waals surface area (Å²) in [5.41, 5.74) is 2.82. The third kappa shape index (κ3) is 6.29. The zero-order chi connectivity index (χ0) is 24.8. The van der Waals surface area contributed by atoms with Crippen LogP contribution in [0, 0.1) is 12.7 Å². The molecule has 0 aliphatic heterocycles. The third-order valence-corrected chi connectivity index (χ3v) is 6.90. The van der Waals surface area contributed by atoms with Crippen LogP contribution in [0.3, 0.4) is 0 Å². The minimum absolute atomic E-state index is 0.0381. The molecule has 7 heteroatoms. The third-order valence-electron chi connectivity index (χ3n) is 5.24. The molecule has 0 bridgehead atoms. The Bertz CT molecular complexity index is 1360. The number of hydrogen-bond acceptors (Lipinski definition) is 3. The normalized spacial score (nSPS) is 11.5. The van der Waals surface area contributed by atoms with E-state index in [0.717, 1.165) is 16.0 Å². The van der Waals surface area contributed by atoms with Gasteiger partial charge < -0.3 is 10.6 Å². The van der Waals surface area contributed by atoms with Gasteiger partial charge in [-0.3, -0.25) is 9.59 Å². The standard InChI is InChI=1S/C28H22ClFN2O2S/c1-18-14-15-21(17-24(18)29)32-28(34)26(19-8-3-2-4-9-19)35-22-11-7-10-20(16-22)31-27(33)23-12-5-6-13-25(23)30/h2-17,26H,1H3,(H,31,33)(H,32,34). The Kier molecular flexibility index (Phi) is 7.85. The van der Waals surface area contributed by atoms with Crippen LogP contribution >= 0.6 is 23.4 Å². The first kappa shape index (κ1) is 24.5. The van der Waals surface area contributed by atoms with Gasteiger partial charge in [0, 0.05) is 21.3 Å². The first-order valence-electron chi connectivity index (χ1n) is 10.9. The van der Waals surface area contributed by atoms with Gasteiger partial charge in [0.15, 0.2) is 0 Å². The van der Waals surface area contributed by atoms with Crippen molar-refractivity contribution in [3.63, 3.8) is 0 Å². The Labute approximate surface area is 212 Å². The Hall–Kier alpha value is -3.61. The molecule has 176 valence electrons. The van der Waals surface area contributed by atoms with Crippen LogP contribution in [0.1, 0.15) is 26.7 Å². The lowest BCUT2D eigenvalue weighted by atomic mass is 10.1. The van der Waals surface area contributed by atoms with Gasteiger partial charge in [-0.2, -0.15) is 0 Å². The highest BCUT2D eigenvalue weighted by Crippen LogP contribution is 2.37. The second-order valence-electron chi connectivity index (χ2n) is 7.82. The smallest absolute Gasteiger partial charge is 0.258 e. The van der Waals surface area contributed by atoms with Crippen molar-refractivity contribution in [1.82, 2.24) is 0 Å². The van der Waals surface area contributed by atoms with Crippen LogP contribution in [0.4, 0.5) is 15.8 Å².